The second kappa shape index (κ2) is 6.25. The highest BCUT2D eigenvalue weighted by atomic mass is 31.2. The molecule has 0 aliphatic carbocycles. The van der Waals surface area contributed by atoms with Crippen LogP contribution in [-0.4, -0.2) is 34.2 Å². The number of aromatic amines is 1. The van der Waals surface area contributed by atoms with Gasteiger partial charge >= 0.3 is 13.3 Å². The molecule has 3 atom stereocenters. The molecule has 1 aromatic rings. The average molecular weight is 320 g/mol. The topological polar surface area (TPSA) is 120 Å². The molecule has 2 N–H and O–H groups in total. The summed E-state index contributed by atoms with van der Waals surface area (Å²) in [6, 6.07) is 0. The predicted octanol–water partition coefficient (Wildman–Crippen LogP) is 0.286. The van der Waals surface area contributed by atoms with E-state index < -0.39 is 37.7 Å². The highest BCUT2D eigenvalue weighted by Gasteiger charge is 2.30. The summed E-state index contributed by atoms with van der Waals surface area (Å²) in [5, 5.41) is 0. The van der Waals surface area contributed by atoms with E-state index in [9.17, 15) is 19.0 Å². The Kier molecular flexibility index (Phi) is 4.80. The molecule has 1 aliphatic rings. The van der Waals surface area contributed by atoms with Crippen LogP contribution in [0, 0.1) is 6.92 Å². The minimum Gasteiger partial charge on any atom is -0.340 e. The lowest BCUT2D eigenvalue weighted by molar-refractivity contribution is -0.142. The minimum atomic E-state index is -3.76. The number of hydrogen-bond donors (Lipinski definition) is 2. The largest absolute Gasteiger partial charge is 0.353 e. The average Bonchev–Trinajstić information content (AvgIpc) is 2.89. The van der Waals surface area contributed by atoms with Crippen LogP contribution < -0.4 is 11.2 Å². The van der Waals surface area contributed by atoms with Gasteiger partial charge in [-0.15, -0.1) is 0 Å². The molecule has 1 aromatic heterocycles. The van der Waals surface area contributed by atoms with E-state index in [0.29, 0.717) is 18.4 Å². The number of nitrogens with one attached hydrogen (secondary N) is 1. The van der Waals surface area contributed by atoms with Gasteiger partial charge in [0.05, 0.1) is 0 Å². The molecular formula is C11H17N2O7P. The molecule has 0 amide bonds. The van der Waals surface area contributed by atoms with Crippen molar-refractivity contribution in [3.05, 3.63) is 32.6 Å². The van der Waals surface area contributed by atoms with E-state index in [1.54, 1.807) is 6.92 Å². The van der Waals surface area contributed by atoms with Crippen molar-refractivity contribution in [3.63, 3.8) is 0 Å². The summed E-state index contributed by atoms with van der Waals surface area (Å²) in [6.45, 7) is 1.58. The van der Waals surface area contributed by atoms with E-state index in [2.05, 4.69) is 9.51 Å². The summed E-state index contributed by atoms with van der Waals surface area (Å²) in [5.74, 6) is 0. The van der Waals surface area contributed by atoms with Crippen molar-refractivity contribution in [2.24, 2.45) is 0 Å². The Bertz CT molecular complexity index is 667. The molecule has 0 spiro atoms. The molecule has 1 saturated heterocycles. The molecule has 0 radical (unpaired) electrons. The van der Waals surface area contributed by atoms with Crippen LogP contribution >= 0.6 is 7.60 Å². The Morgan fingerprint density at radius 1 is 1.52 bits per heavy atom. The fraction of sp³-hybridized carbons (Fsp3) is 0.636. The molecule has 0 saturated carbocycles. The van der Waals surface area contributed by atoms with Gasteiger partial charge in [0.2, 0.25) is 0 Å². The number of H-pyrrole nitrogens is 1. The Labute approximate surface area is 120 Å². The van der Waals surface area contributed by atoms with E-state index in [-0.39, 0.29) is 0 Å². The predicted molar refractivity (Wildman–Crippen MR) is 72.0 cm³/mol. The van der Waals surface area contributed by atoms with Crippen LogP contribution in [0.15, 0.2) is 15.8 Å². The van der Waals surface area contributed by atoms with Crippen molar-refractivity contribution in [1.29, 1.82) is 0 Å². The Morgan fingerprint density at radius 3 is 2.90 bits per heavy atom. The van der Waals surface area contributed by atoms with Gasteiger partial charge in [-0.25, -0.2) is 4.79 Å². The van der Waals surface area contributed by atoms with Crippen LogP contribution in [0.3, 0.4) is 0 Å². The second-order valence-corrected chi connectivity index (χ2v) is 6.59. The first-order valence-corrected chi connectivity index (χ1v) is 8.05. The van der Waals surface area contributed by atoms with Crippen molar-refractivity contribution in [2.45, 2.75) is 32.3 Å². The maximum atomic E-state index is 11.7. The third-order valence-corrected chi connectivity index (χ3v) is 4.17. The van der Waals surface area contributed by atoms with Crippen molar-refractivity contribution < 1.29 is 23.5 Å². The number of aryl methyl sites for hydroxylation is 1. The summed E-state index contributed by atoms with van der Waals surface area (Å²) < 4.78 is 27.6. The summed E-state index contributed by atoms with van der Waals surface area (Å²) in [7, 11) is -2.64. The van der Waals surface area contributed by atoms with Crippen molar-refractivity contribution in [3.8, 4) is 0 Å². The van der Waals surface area contributed by atoms with Gasteiger partial charge in [0.1, 0.15) is 6.23 Å². The maximum absolute atomic E-state index is 11.7. The molecule has 118 valence electrons. The van der Waals surface area contributed by atoms with E-state index in [4.69, 9.17) is 9.47 Å². The number of nitrogens with zero attached hydrogens (tertiary/aromatic N) is 1. The summed E-state index contributed by atoms with van der Waals surface area (Å²) >= 11 is 0. The van der Waals surface area contributed by atoms with Crippen LogP contribution in [0.1, 0.15) is 24.6 Å². The van der Waals surface area contributed by atoms with Gasteiger partial charge in [-0.1, -0.05) is 0 Å². The minimum absolute atomic E-state index is 0.391. The van der Waals surface area contributed by atoms with Crippen LogP contribution in [0.5, 0.6) is 0 Å². The van der Waals surface area contributed by atoms with Gasteiger partial charge in [0.25, 0.3) is 5.56 Å². The quantitative estimate of drug-likeness (QED) is 0.748. The highest BCUT2D eigenvalue weighted by molar-refractivity contribution is 7.52. The van der Waals surface area contributed by atoms with Crippen molar-refractivity contribution in [2.75, 3.05) is 13.5 Å². The van der Waals surface area contributed by atoms with Gasteiger partial charge in [-0.2, -0.15) is 0 Å². The molecule has 0 bridgehead atoms. The molecule has 10 heteroatoms. The first kappa shape index (κ1) is 16.1. The van der Waals surface area contributed by atoms with Gasteiger partial charge < -0.3 is 18.9 Å². The summed E-state index contributed by atoms with van der Waals surface area (Å²) in [5.41, 5.74) is -0.619. The lowest BCUT2D eigenvalue weighted by Gasteiger charge is -2.17. The fourth-order valence-corrected chi connectivity index (χ4v) is 2.41. The summed E-state index contributed by atoms with van der Waals surface area (Å²) in [6.07, 6.45) is 0.585. The smallest absolute Gasteiger partial charge is 0.340 e. The molecule has 21 heavy (non-hydrogen) atoms. The zero-order valence-electron chi connectivity index (χ0n) is 11.6. The first-order chi connectivity index (χ1) is 9.82. The molecule has 3 unspecified atom stereocenters. The van der Waals surface area contributed by atoms with E-state index in [1.165, 1.54) is 10.8 Å². The normalized spacial score (nSPS) is 24.9. The van der Waals surface area contributed by atoms with Gasteiger partial charge in [0.15, 0.2) is 12.6 Å². The van der Waals surface area contributed by atoms with Crippen LogP contribution in [0.2, 0.25) is 0 Å². The van der Waals surface area contributed by atoms with E-state index >= 15 is 0 Å². The number of ether oxygens (including phenoxy) is 2. The highest BCUT2D eigenvalue weighted by Crippen LogP contribution is 2.41. The van der Waals surface area contributed by atoms with Crippen LogP contribution in [-0.2, 0) is 18.6 Å². The lowest BCUT2D eigenvalue weighted by Crippen LogP contribution is -2.33. The third kappa shape index (κ3) is 3.90. The molecule has 2 rings (SSSR count). The Balaban J connectivity index is 2.03. The molecule has 9 nitrogen and oxygen atoms in total. The maximum Gasteiger partial charge on any atom is 0.353 e. The number of rotatable bonds is 5. The number of aromatic nitrogens is 2. The fourth-order valence-electron chi connectivity index (χ4n) is 1.95. The van der Waals surface area contributed by atoms with E-state index in [0.717, 1.165) is 7.11 Å². The zero-order valence-corrected chi connectivity index (χ0v) is 12.5. The zero-order chi connectivity index (χ0) is 15.6. The monoisotopic (exact) mass is 320 g/mol. The molecular weight excluding hydrogens is 303 g/mol. The molecule has 0 aromatic carbocycles. The SMILES string of the molecule is COP(=O)(O)COC1CCC(n2cc(C)c(=O)[nH]c2=O)O1. The molecule has 2 heterocycles. The van der Waals surface area contributed by atoms with Gasteiger partial charge in [-0.05, 0) is 13.3 Å². The molecule has 1 aliphatic heterocycles. The second-order valence-electron chi connectivity index (χ2n) is 4.69. The Morgan fingerprint density at radius 2 is 2.24 bits per heavy atom. The van der Waals surface area contributed by atoms with Gasteiger partial charge in [-0.3, -0.25) is 18.9 Å². The first-order valence-electron chi connectivity index (χ1n) is 6.29. The Hall–Kier alpha value is -1.25. The van der Waals surface area contributed by atoms with Crippen LogP contribution in [0.25, 0.3) is 0 Å². The lowest BCUT2D eigenvalue weighted by atomic mass is 10.3. The molecule has 1 fully saturated rings. The standard InChI is InChI=1S/C11H17N2O7P/c1-7-5-13(11(15)12-10(7)14)8-3-4-9(20-8)19-6-21(16,17)18-2/h5,8-9H,3-4,6H2,1-2H3,(H,16,17)(H,12,14,15). The van der Waals surface area contributed by atoms with Crippen molar-refractivity contribution in [1.82, 2.24) is 9.55 Å². The van der Waals surface area contributed by atoms with E-state index in [1.807, 2.05) is 0 Å². The van der Waals surface area contributed by atoms with Crippen molar-refractivity contribution >= 4 is 7.60 Å². The number of hydrogen-bond acceptors (Lipinski definition) is 6. The van der Waals surface area contributed by atoms with Gasteiger partial charge in [0, 0.05) is 25.3 Å². The third-order valence-electron chi connectivity index (χ3n) is 3.12. The van der Waals surface area contributed by atoms with Crippen LogP contribution in [0.4, 0.5) is 0 Å². The summed E-state index contributed by atoms with van der Waals surface area (Å²) in [4.78, 5) is 34.5.